The van der Waals surface area contributed by atoms with Crippen LogP contribution in [0.25, 0.3) is 0 Å². The van der Waals surface area contributed by atoms with E-state index in [0.29, 0.717) is 11.7 Å². The highest BCUT2D eigenvalue weighted by molar-refractivity contribution is 7.99. The molecule has 1 aliphatic rings. The standard InChI is InChI=1S/C15H27N5O2S/c1-4-5-16-13(21)11-23-15-18-17-14(20(15)10-12(2)3)19-6-8-22-9-7-19/h12H,4-11H2,1-3H3,(H,16,21). The molecule has 1 aromatic heterocycles. The molecule has 0 unspecified atom stereocenters. The maximum Gasteiger partial charge on any atom is 0.230 e. The van der Waals surface area contributed by atoms with Crippen LogP contribution in [0.3, 0.4) is 0 Å². The largest absolute Gasteiger partial charge is 0.378 e. The van der Waals surface area contributed by atoms with E-state index in [0.717, 1.165) is 56.9 Å². The molecule has 7 nitrogen and oxygen atoms in total. The first-order valence-corrected chi connectivity index (χ1v) is 9.25. The van der Waals surface area contributed by atoms with Gasteiger partial charge in [0.2, 0.25) is 11.9 Å². The van der Waals surface area contributed by atoms with Crippen LogP contribution in [0, 0.1) is 5.92 Å². The number of carbonyl (C=O) groups excluding carboxylic acids is 1. The quantitative estimate of drug-likeness (QED) is 0.721. The Morgan fingerprint density at radius 2 is 2.09 bits per heavy atom. The van der Waals surface area contributed by atoms with Gasteiger partial charge in [0.05, 0.1) is 19.0 Å². The van der Waals surface area contributed by atoms with Crippen LogP contribution in [0.5, 0.6) is 0 Å². The van der Waals surface area contributed by atoms with E-state index in [4.69, 9.17) is 4.74 Å². The lowest BCUT2D eigenvalue weighted by Gasteiger charge is -2.28. The van der Waals surface area contributed by atoms with Crippen LogP contribution in [0.2, 0.25) is 0 Å². The van der Waals surface area contributed by atoms with Crippen molar-refractivity contribution in [3.05, 3.63) is 0 Å². The van der Waals surface area contributed by atoms with Crippen LogP contribution in [0.1, 0.15) is 27.2 Å². The van der Waals surface area contributed by atoms with Gasteiger partial charge in [-0.25, -0.2) is 0 Å². The van der Waals surface area contributed by atoms with Gasteiger partial charge < -0.3 is 15.0 Å². The van der Waals surface area contributed by atoms with Crippen molar-refractivity contribution >= 4 is 23.6 Å². The maximum absolute atomic E-state index is 11.8. The number of morpholine rings is 1. The number of thioether (sulfide) groups is 1. The molecule has 23 heavy (non-hydrogen) atoms. The van der Waals surface area contributed by atoms with Gasteiger partial charge in [-0.1, -0.05) is 32.5 Å². The van der Waals surface area contributed by atoms with Gasteiger partial charge in [-0.15, -0.1) is 10.2 Å². The van der Waals surface area contributed by atoms with Crippen LogP contribution in [0.15, 0.2) is 5.16 Å². The van der Waals surface area contributed by atoms with Crippen molar-refractivity contribution in [2.24, 2.45) is 5.92 Å². The highest BCUT2D eigenvalue weighted by atomic mass is 32.2. The van der Waals surface area contributed by atoms with Gasteiger partial charge >= 0.3 is 0 Å². The summed E-state index contributed by atoms with van der Waals surface area (Å²) in [7, 11) is 0. The molecule has 0 bridgehead atoms. The topological polar surface area (TPSA) is 72.3 Å². The van der Waals surface area contributed by atoms with E-state index < -0.39 is 0 Å². The molecular weight excluding hydrogens is 314 g/mol. The number of carbonyl (C=O) groups is 1. The van der Waals surface area contributed by atoms with Crippen molar-refractivity contribution in [3.63, 3.8) is 0 Å². The second-order valence-corrected chi connectivity index (χ2v) is 6.97. The molecule has 0 aliphatic carbocycles. The van der Waals surface area contributed by atoms with Gasteiger partial charge in [0, 0.05) is 26.2 Å². The van der Waals surface area contributed by atoms with Gasteiger partial charge in [0.25, 0.3) is 0 Å². The fraction of sp³-hybridized carbons (Fsp3) is 0.800. The monoisotopic (exact) mass is 341 g/mol. The number of nitrogens with zero attached hydrogens (tertiary/aromatic N) is 4. The van der Waals surface area contributed by atoms with Crippen molar-refractivity contribution in [3.8, 4) is 0 Å². The molecule has 1 fully saturated rings. The summed E-state index contributed by atoms with van der Waals surface area (Å²) in [6.45, 7) is 11.1. The van der Waals surface area contributed by atoms with E-state index >= 15 is 0 Å². The normalized spacial score (nSPS) is 15.2. The minimum absolute atomic E-state index is 0.0452. The number of anilines is 1. The molecule has 1 aromatic rings. The molecule has 0 aromatic carbocycles. The Bertz CT molecular complexity index is 500. The Hall–Kier alpha value is -1.28. The van der Waals surface area contributed by atoms with Gasteiger partial charge in [-0.3, -0.25) is 9.36 Å². The number of amides is 1. The van der Waals surface area contributed by atoms with Crippen LogP contribution >= 0.6 is 11.8 Å². The van der Waals surface area contributed by atoms with Crippen molar-refractivity contribution in [1.82, 2.24) is 20.1 Å². The van der Waals surface area contributed by atoms with E-state index in [9.17, 15) is 4.79 Å². The lowest BCUT2D eigenvalue weighted by molar-refractivity contribution is -0.118. The molecule has 0 radical (unpaired) electrons. The summed E-state index contributed by atoms with van der Waals surface area (Å²) in [5.74, 6) is 1.79. The third-order valence-corrected chi connectivity index (χ3v) is 4.41. The van der Waals surface area contributed by atoms with Crippen molar-refractivity contribution in [1.29, 1.82) is 0 Å². The average molecular weight is 341 g/mol. The smallest absolute Gasteiger partial charge is 0.230 e. The molecule has 0 saturated carbocycles. The lowest BCUT2D eigenvalue weighted by Crippen LogP contribution is -2.38. The highest BCUT2D eigenvalue weighted by Crippen LogP contribution is 2.24. The number of ether oxygens (including phenoxy) is 1. The molecule has 0 atom stereocenters. The molecule has 2 rings (SSSR count). The Morgan fingerprint density at radius 3 is 2.74 bits per heavy atom. The fourth-order valence-electron chi connectivity index (χ4n) is 2.36. The maximum atomic E-state index is 11.8. The van der Waals surface area contributed by atoms with Crippen LogP contribution in [-0.2, 0) is 16.1 Å². The zero-order valence-corrected chi connectivity index (χ0v) is 15.1. The minimum Gasteiger partial charge on any atom is -0.378 e. The summed E-state index contributed by atoms with van der Waals surface area (Å²) < 4.78 is 7.54. The summed E-state index contributed by atoms with van der Waals surface area (Å²) in [6, 6.07) is 0. The molecule has 1 amide bonds. The summed E-state index contributed by atoms with van der Waals surface area (Å²) in [5, 5.41) is 12.4. The van der Waals surface area contributed by atoms with E-state index in [1.165, 1.54) is 11.8 Å². The first-order valence-electron chi connectivity index (χ1n) is 8.27. The van der Waals surface area contributed by atoms with Crippen LogP contribution < -0.4 is 10.2 Å². The predicted molar refractivity (Wildman–Crippen MR) is 91.9 cm³/mol. The first-order chi connectivity index (χ1) is 11.1. The van der Waals surface area contributed by atoms with E-state index in [1.807, 2.05) is 6.92 Å². The summed E-state index contributed by atoms with van der Waals surface area (Å²) in [4.78, 5) is 14.0. The predicted octanol–water partition coefficient (Wildman–Crippen LogP) is 1.39. The number of aromatic nitrogens is 3. The lowest BCUT2D eigenvalue weighted by atomic mass is 10.2. The van der Waals surface area contributed by atoms with E-state index in [2.05, 4.69) is 38.8 Å². The highest BCUT2D eigenvalue weighted by Gasteiger charge is 2.21. The summed E-state index contributed by atoms with van der Waals surface area (Å²) in [5.41, 5.74) is 0. The Kier molecular flexibility index (Phi) is 7.16. The Balaban J connectivity index is 2.05. The van der Waals surface area contributed by atoms with Crippen LogP contribution in [0.4, 0.5) is 5.95 Å². The third kappa shape index (κ3) is 5.39. The van der Waals surface area contributed by atoms with Crippen molar-refractivity contribution in [2.75, 3.05) is 43.5 Å². The zero-order chi connectivity index (χ0) is 16.7. The molecule has 1 aliphatic heterocycles. The van der Waals surface area contributed by atoms with E-state index in [-0.39, 0.29) is 5.91 Å². The first kappa shape index (κ1) is 18.1. The number of hydrogen-bond acceptors (Lipinski definition) is 6. The SMILES string of the molecule is CCCNC(=O)CSc1nnc(N2CCOCC2)n1CC(C)C. The minimum atomic E-state index is 0.0452. The van der Waals surface area contributed by atoms with Gasteiger partial charge in [-0.05, 0) is 12.3 Å². The van der Waals surface area contributed by atoms with Gasteiger partial charge in [0.1, 0.15) is 0 Å². The van der Waals surface area contributed by atoms with Crippen molar-refractivity contribution < 1.29 is 9.53 Å². The number of hydrogen-bond donors (Lipinski definition) is 1. The van der Waals surface area contributed by atoms with Crippen molar-refractivity contribution in [2.45, 2.75) is 38.9 Å². The molecule has 130 valence electrons. The Morgan fingerprint density at radius 1 is 1.35 bits per heavy atom. The van der Waals surface area contributed by atoms with E-state index in [1.54, 1.807) is 0 Å². The average Bonchev–Trinajstić information content (AvgIpc) is 2.93. The number of rotatable bonds is 8. The molecule has 0 spiro atoms. The Labute approximate surface area is 142 Å². The van der Waals surface area contributed by atoms with Crippen LogP contribution in [-0.4, -0.2) is 59.3 Å². The number of nitrogens with one attached hydrogen (secondary N) is 1. The van der Waals surface area contributed by atoms with Gasteiger partial charge in [0.15, 0.2) is 5.16 Å². The fourth-order valence-corrected chi connectivity index (χ4v) is 3.13. The third-order valence-electron chi connectivity index (χ3n) is 3.44. The molecular formula is C15H27N5O2S. The summed E-state index contributed by atoms with van der Waals surface area (Å²) >= 11 is 1.45. The zero-order valence-electron chi connectivity index (χ0n) is 14.2. The molecule has 8 heteroatoms. The van der Waals surface area contributed by atoms with Gasteiger partial charge in [-0.2, -0.15) is 0 Å². The summed E-state index contributed by atoms with van der Waals surface area (Å²) in [6.07, 6.45) is 0.946. The second-order valence-electron chi connectivity index (χ2n) is 6.03. The molecule has 1 saturated heterocycles. The molecule has 2 heterocycles. The molecule has 1 N–H and O–H groups in total. The second kappa shape index (κ2) is 9.12.